The second-order valence-electron chi connectivity index (χ2n) is 9.53. The summed E-state index contributed by atoms with van der Waals surface area (Å²) in [5.41, 5.74) is 3.21. The highest BCUT2D eigenvalue weighted by Gasteiger charge is 2.47. The predicted octanol–water partition coefficient (Wildman–Crippen LogP) is 5.87. The zero-order valence-electron chi connectivity index (χ0n) is 22.0. The summed E-state index contributed by atoms with van der Waals surface area (Å²) in [6.07, 6.45) is 0.797. The Morgan fingerprint density at radius 1 is 0.632 bits per heavy atom. The third-order valence-electron chi connectivity index (χ3n) is 6.58. The second kappa shape index (κ2) is 15.5. The van der Waals surface area contributed by atoms with Crippen LogP contribution in [0.4, 0.5) is 0 Å². The Labute approximate surface area is 225 Å². The highest BCUT2D eigenvalue weighted by atomic mass is 16.7. The number of ether oxygens (including phenoxy) is 5. The zero-order chi connectivity index (χ0) is 26.4. The highest BCUT2D eigenvalue weighted by Crippen LogP contribution is 2.31. The molecule has 1 heterocycles. The SMILES string of the molecule is C[C@@H]1O[C@@H](OCCCCC=O)[C@H](OCc2ccccc2)[C@H](OCc2ccccc2)[C@H]1OCc1ccccc1. The minimum atomic E-state index is -0.623. The van der Waals surface area contributed by atoms with Gasteiger partial charge in [0.1, 0.15) is 24.6 Å². The average molecular weight is 519 g/mol. The van der Waals surface area contributed by atoms with E-state index in [1.807, 2.05) is 97.9 Å². The topological polar surface area (TPSA) is 63.2 Å². The van der Waals surface area contributed by atoms with Gasteiger partial charge in [0.05, 0.1) is 25.9 Å². The van der Waals surface area contributed by atoms with E-state index < -0.39 is 18.5 Å². The molecule has 0 amide bonds. The van der Waals surface area contributed by atoms with Crippen molar-refractivity contribution in [1.82, 2.24) is 0 Å². The smallest absolute Gasteiger partial charge is 0.186 e. The van der Waals surface area contributed by atoms with Crippen LogP contribution < -0.4 is 0 Å². The molecule has 0 saturated carbocycles. The quantitative estimate of drug-likeness (QED) is 0.185. The Bertz CT molecular complexity index is 1050. The number of benzene rings is 3. The number of unbranched alkanes of at least 4 members (excludes halogenated alkanes) is 2. The van der Waals surface area contributed by atoms with Gasteiger partial charge in [-0.3, -0.25) is 0 Å². The van der Waals surface area contributed by atoms with Crippen LogP contribution in [-0.2, 0) is 48.3 Å². The summed E-state index contributed by atoms with van der Waals surface area (Å²) in [7, 11) is 0. The Morgan fingerprint density at radius 2 is 1.11 bits per heavy atom. The summed E-state index contributed by atoms with van der Waals surface area (Å²) in [6.45, 7) is 3.71. The molecule has 5 atom stereocenters. The van der Waals surface area contributed by atoms with E-state index in [1.54, 1.807) is 0 Å². The van der Waals surface area contributed by atoms with E-state index in [0.717, 1.165) is 35.8 Å². The van der Waals surface area contributed by atoms with Crippen LogP contribution in [0.1, 0.15) is 42.9 Å². The number of rotatable bonds is 15. The van der Waals surface area contributed by atoms with Crippen molar-refractivity contribution in [1.29, 1.82) is 0 Å². The van der Waals surface area contributed by atoms with Gasteiger partial charge in [-0.1, -0.05) is 91.0 Å². The molecule has 0 radical (unpaired) electrons. The molecular formula is C32H38O6. The molecule has 4 rings (SSSR count). The lowest BCUT2D eigenvalue weighted by molar-refractivity contribution is -0.320. The molecule has 3 aromatic rings. The van der Waals surface area contributed by atoms with Gasteiger partial charge >= 0.3 is 0 Å². The van der Waals surface area contributed by atoms with Gasteiger partial charge in [-0.2, -0.15) is 0 Å². The second-order valence-corrected chi connectivity index (χ2v) is 9.53. The number of hydrogen-bond donors (Lipinski definition) is 0. The fraction of sp³-hybridized carbons (Fsp3) is 0.406. The van der Waals surface area contributed by atoms with Crippen molar-refractivity contribution >= 4 is 6.29 Å². The molecule has 0 aliphatic carbocycles. The van der Waals surface area contributed by atoms with Crippen LogP contribution in [0.15, 0.2) is 91.0 Å². The molecule has 38 heavy (non-hydrogen) atoms. The third kappa shape index (κ3) is 8.58. The summed E-state index contributed by atoms with van der Waals surface area (Å²) >= 11 is 0. The standard InChI is InChI=1S/C32H38O6/c1-25-29(35-22-26-14-6-2-7-15-26)30(36-23-27-16-8-3-9-17-27)31(37-24-28-18-10-4-11-19-28)32(38-25)34-21-13-5-12-20-33/h2-4,6-11,14-20,25,29-32H,5,12-13,21-24H2,1H3/t25-,29-,30+,31+,32+/m0/s1. The van der Waals surface area contributed by atoms with Crippen molar-refractivity contribution in [3.05, 3.63) is 108 Å². The molecule has 1 aliphatic rings. The first-order valence-corrected chi connectivity index (χ1v) is 13.4. The Hall–Kier alpha value is -2.87. The summed E-state index contributed by atoms with van der Waals surface area (Å²) in [4.78, 5) is 10.7. The van der Waals surface area contributed by atoms with Gasteiger partial charge in [0.25, 0.3) is 0 Å². The zero-order valence-corrected chi connectivity index (χ0v) is 22.0. The molecule has 1 fully saturated rings. The number of hydrogen-bond acceptors (Lipinski definition) is 6. The number of carbonyl (C=O) groups excluding carboxylic acids is 1. The van der Waals surface area contributed by atoms with Crippen molar-refractivity contribution in [2.45, 2.75) is 76.7 Å². The maximum absolute atomic E-state index is 10.7. The maximum Gasteiger partial charge on any atom is 0.186 e. The van der Waals surface area contributed by atoms with Crippen molar-refractivity contribution in [3.63, 3.8) is 0 Å². The monoisotopic (exact) mass is 518 g/mol. The first-order chi connectivity index (χ1) is 18.7. The highest BCUT2D eigenvalue weighted by molar-refractivity contribution is 5.48. The van der Waals surface area contributed by atoms with E-state index in [4.69, 9.17) is 23.7 Å². The molecule has 1 aliphatic heterocycles. The van der Waals surface area contributed by atoms with Crippen LogP contribution in [0.3, 0.4) is 0 Å². The lowest BCUT2D eigenvalue weighted by atomic mass is 9.98. The molecule has 0 aromatic heterocycles. The van der Waals surface area contributed by atoms with Crippen molar-refractivity contribution in [2.75, 3.05) is 6.61 Å². The van der Waals surface area contributed by atoms with Gasteiger partial charge in [0.2, 0.25) is 0 Å². The first-order valence-electron chi connectivity index (χ1n) is 13.4. The number of aldehydes is 1. The van der Waals surface area contributed by atoms with Crippen LogP contribution >= 0.6 is 0 Å². The number of carbonyl (C=O) groups is 1. The largest absolute Gasteiger partial charge is 0.368 e. The van der Waals surface area contributed by atoms with Crippen LogP contribution in [0, 0.1) is 0 Å². The van der Waals surface area contributed by atoms with E-state index in [9.17, 15) is 4.79 Å². The van der Waals surface area contributed by atoms with Crippen LogP contribution in [0.25, 0.3) is 0 Å². The van der Waals surface area contributed by atoms with E-state index in [2.05, 4.69) is 0 Å². The lowest BCUT2D eigenvalue weighted by Crippen LogP contribution is -2.60. The van der Waals surface area contributed by atoms with Crippen molar-refractivity contribution in [2.24, 2.45) is 0 Å². The van der Waals surface area contributed by atoms with Gasteiger partial charge < -0.3 is 28.5 Å². The van der Waals surface area contributed by atoms with Gasteiger partial charge in [0, 0.05) is 13.0 Å². The minimum Gasteiger partial charge on any atom is -0.368 e. The Kier molecular flexibility index (Phi) is 11.5. The molecule has 0 spiro atoms. The van der Waals surface area contributed by atoms with Gasteiger partial charge in [-0.25, -0.2) is 0 Å². The first kappa shape index (κ1) is 28.1. The van der Waals surface area contributed by atoms with E-state index in [0.29, 0.717) is 32.8 Å². The van der Waals surface area contributed by atoms with Crippen molar-refractivity contribution in [3.8, 4) is 0 Å². The molecular weight excluding hydrogens is 480 g/mol. The molecule has 0 N–H and O–H groups in total. The molecule has 1 saturated heterocycles. The van der Waals surface area contributed by atoms with Gasteiger partial charge in [-0.05, 0) is 36.5 Å². The minimum absolute atomic E-state index is 0.281. The summed E-state index contributed by atoms with van der Waals surface area (Å²) < 4.78 is 32.0. The third-order valence-corrected chi connectivity index (χ3v) is 6.58. The van der Waals surface area contributed by atoms with Crippen LogP contribution in [-0.4, -0.2) is 43.6 Å². The maximum atomic E-state index is 10.7. The fourth-order valence-corrected chi connectivity index (χ4v) is 4.53. The average Bonchev–Trinajstić information content (AvgIpc) is 2.96. The molecule has 6 nitrogen and oxygen atoms in total. The molecule has 6 heteroatoms. The molecule has 3 aromatic carbocycles. The van der Waals surface area contributed by atoms with Gasteiger partial charge in [-0.15, -0.1) is 0 Å². The normalized spacial score (nSPS) is 23.2. The molecule has 202 valence electrons. The fourth-order valence-electron chi connectivity index (χ4n) is 4.53. The summed E-state index contributed by atoms with van der Waals surface area (Å²) in [5, 5.41) is 0. The molecule has 0 bridgehead atoms. The lowest BCUT2D eigenvalue weighted by Gasteiger charge is -2.45. The Morgan fingerprint density at radius 3 is 1.61 bits per heavy atom. The van der Waals surface area contributed by atoms with E-state index in [-0.39, 0.29) is 12.2 Å². The summed E-state index contributed by atoms with van der Waals surface area (Å²) in [6, 6.07) is 30.2. The summed E-state index contributed by atoms with van der Waals surface area (Å²) in [5.74, 6) is 0. The Balaban J connectivity index is 1.53. The van der Waals surface area contributed by atoms with Crippen molar-refractivity contribution < 1.29 is 28.5 Å². The van der Waals surface area contributed by atoms with E-state index >= 15 is 0 Å². The van der Waals surface area contributed by atoms with Crippen LogP contribution in [0.5, 0.6) is 0 Å². The van der Waals surface area contributed by atoms with Gasteiger partial charge in [0.15, 0.2) is 6.29 Å². The van der Waals surface area contributed by atoms with E-state index in [1.165, 1.54) is 0 Å². The molecule has 0 unspecified atom stereocenters. The predicted molar refractivity (Wildman–Crippen MR) is 145 cm³/mol. The van der Waals surface area contributed by atoms with Crippen LogP contribution in [0.2, 0.25) is 0 Å².